The Morgan fingerprint density at radius 3 is 2.84 bits per heavy atom. The van der Waals surface area contributed by atoms with Crippen molar-refractivity contribution < 1.29 is 19.1 Å². The average Bonchev–Trinajstić information content (AvgIpc) is 2.61. The Bertz CT molecular complexity index is 866. The Balaban J connectivity index is 1.57. The van der Waals surface area contributed by atoms with Gasteiger partial charge in [-0.3, -0.25) is 4.79 Å². The average molecular weight is 423 g/mol. The van der Waals surface area contributed by atoms with Gasteiger partial charge in [0, 0.05) is 10.0 Å². The Hall–Kier alpha value is -2.31. The molecule has 0 spiro atoms. The van der Waals surface area contributed by atoms with Crippen LogP contribution in [0.25, 0.3) is 6.08 Å². The number of amides is 1. The van der Waals surface area contributed by atoms with Gasteiger partial charge < -0.3 is 14.8 Å². The van der Waals surface area contributed by atoms with Gasteiger partial charge in [0.05, 0.1) is 16.3 Å². The SMILES string of the molecule is O=C(COC(=O)C1=Cc2ccccc2OC1)Nc1ccc(Br)cc1Cl. The Kier molecular flexibility index (Phi) is 5.40. The number of carbonyl (C=O) groups excluding carboxylic acids is 2. The first-order chi connectivity index (χ1) is 12.0. The molecule has 0 saturated carbocycles. The number of carbonyl (C=O) groups is 2. The number of hydrogen-bond acceptors (Lipinski definition) is 4. The fraction of sp³-hybridized carbons (Fsp3) is 0.111. The lowest BCUT2D eigenvalue weighted by Crippen LogP contribution is -2.24. The summed E-state index contributed by atoms with van der Waals surface area (Å²) in [4.78, 5) is 24.0. The molecule has 0 fully saturated rings. The maximum atomic E-state index is 12.1. The largest absolute Gasteiger partial charge is 0.488 e. The number of fused-ring (bicyclic) bond motifs is 1. The zero-order valence-corrected chi connectivity index (χ0v) is 15.3. The predicted octanol–water partition coefficient (Wildman–Crippen LogP) is 4.06. The van der Waals surface area contributed by atoms with Crippen LogP contribution < -0.4 is 10.1 Å². The smallest absolute Gasteiger partial charge is 0.338 e. The van der Waals surface area contributed by atoms with E-state index in [9.17, 15) is 9.59 Å². The van der Waals surface area contributed by atoms with Crippen LogP contribution in [-0.4, -0.2) is 25.1 Å². The normalized spacial score (nSPS) is 12.5. The molecule has 2 aromatic rings. The summed E-state index contributed by atoms with van der Waals surface area (Å²) in [6.45, 7) is -0.305. The van der Waals surface area contributed by atoms with Crippen LogP contribution in [0.3, 0.4) is 0 Å². The molecule has 2 aromatic carbocycles. The molecule has 1 aliphatic heterocycles. The third-order valence-electron chi connectivity index (χ3n) is 3.43. The first-order valence-electron chi connectivity index (χ1n) is 7.37. The van der Waals surface area contributed by atoms with Crippen molar-refractivity contribution in [1.82, 2.24) is 0 Å². The van der Waals surface area contributed by atoms with Gasteiger partial charge in [-0.2, -0.15) is 0 Å². The Labute approximate surface area is 157 Å². The third-order valence-corrected chi connectivity index (χ3v) is 4.24. The van der Waals surface area contributed by atoms with Crippen molar-refractivity contribution >= 4 is 51.2 Å². The summed E-state index contributed by atoms with van der Waals surface area (Å²) in [5, 5.41) is 2.98. The van der Waals surface area contributed by atoms with E-state index in [0.29, 0.717) is 22.0 Å². The van der Waals surface area contributed by atoms with Crippen LogP contribution in [0.15, 0.2) is 52.5 Å². The van der Waals surface area contributed by atoms with E-state index in [2.05, 4.69) is 21.2 Å². The van der Waals surface area contributed by atoms with Crippen LogP contribution in [0.5, 0.6) is 5.75 Å². The molecule has 0 atom stereocenters. The van der Waals surface area contributed by atoms with Crippen molar-refractivity contribution in [3.05, 3.63) is 63.1 Å². The van der Waals surface area contributed by atoms with Crippen LogP contribution in [0.2, 0.25) is 5.02 Å². The standard InChI is InChI=1S/C18H13BrClNO4/c19-13-5-6-15(14(20)8-13)21-17(22)10-25-18(23)12-7-11-3-1-2-4-16(11)24-9-12/h1-8H,9-10H2,(H,21,22). The highest BCUT2D eigenvalue weighted by atomic mass is 79.9. The van der Waals surface area contributed by atoms with Crippen molar-refractivity contribution in [2.75, 3.05) is 18.5 Å². The molecule has 0 aliphatic carbocycles. The van der Waals surface area contributed by atoms with E-state index in [1.54, 1.807) is 24.3 Å². The summed E-state index contributed by atoms with van der Waals surface area (Å²) in [5.41, 5.74) is 1.60. The molecule has 0 aromatic heterocycles. The monoisotopic (exact) mass is 421 g/mol. The molecule has 1 N–H and O–H groups in total. The van der Waals surface area contributed by atoms with Gasteiger partial charge in [0.2, 0.25) is 0 Å². The highest BCUT2D eigenvalue weighted by Gasteiger charge is 2.19. The van der Waals surface area contributed by atoms with E-state index in [1.807, 2.05) is 24.3 Å². The molecule has 1 heterocycles. The summed E-state index contributed by atoms with van der Waals surface area (Å²) >= 11 is 9.31. The highest BCUT2D eigenvalue weighted by Crippen LogP contribution is 2.27. The van der Waals surface area contributed by atoms with E-state index in [1.165, 1.54) is 0 Å². The van der Waals surface area contributed by atoms with Crippen molar-refractivity contribution in [1.29, 1.82) is 0 Å². The maximum Gasteiger partial charge on any atom is 0.338 e. The quantitative estimate of drug-likeness (QED) is 0.755. The van der Waals surface area contributed by atoms with Crippen LogP contribution in [0.1, 0.15) is 5.56 Å². The molecular formula is C18H13BrClNO4. The molecule has 25 heavy (non-hydrogen) atoms. The second-order valence-electron chi connectivity index (χ2n) is 5.24. The number of benzene rings is 2. The van der Waals surface area contributed by atoms with Gasteiger partial charge in [-0.1, -0.05) is 45.7 Å². The van der Waals surface area contributed by atoms with E-state index in [0.717, 1.165) is 10.0 Å². The molecule has 0 bridgehead atoms. The number of rotatable bonds is 4. The minimum absolute atomic E-state index is 0.107. The summed E-state index contributed by atoms with van der Waals surface area (Å²) in [6.07, 6.45) is 1.70. The summed E-state index contributed by atoms with van der Waals surface area (Å²) in [7, 11) is 0. The zero-order valence-electron chi connectivity index (χ0n) is 12.9. The summed E-state index contributed by atoms with van der Waals surface area (Å²) in [5.74, 6) is -0.358. The zero-order chi connectivity index (χ0) is 17.8. The summed E-state index contributed by atoms with van der Waals surface area (Å²) < 4.78 is 11.3. The van der Waals surface area contributed by atoms with Crippen LogP contribution in [0.4, 0.5) is 5.69 Å². The van der Waals surface area contributed by atoms with Gasteiger partial charge in [0.25, 0.3) is 5.91 Å². The lowest BCUT2D eigenvalue weighted by molar-refractivity contribution is -0.143. The second kappa shape index (κ2) is 7.72. The maximum absolute atomic E-state index is 12.1. The Morgan fingerprint density at radius 1 is 1.24 bits per heavy atom. The fourth-order valence-electron chi connectivity index (χ4n) is 2.23. The van der Waals surface area contributed by atoms with E-state index in [-0.39, 0.29) is 6.61 Å². The number of hydrogen-bond donors (Lipinski definition) is 1. The van der Waals surface area contributed by atoms with Gasteiger partial charge in [0.1, 0.15) is 12.4 Å². The number of nitrogens with one attached hydrogen (secondary N) is 1. The Morgan fingerprint density at radius 2 is 2.04 bits per heavy atom. The molecule has 0 saturated heterocycles. The molecule has 5 nitrogen and oxygen atoms in total. The van der Waals surface area contributed by atoms with E-state index < -0.39 is 18.5 Å². The molecular weight excluding hydrogens is 410 g/mol. The van der Waals surface area contributed by atoms with Crippen LogP contribution in [-0.2, 0) is 14.3 Å². The second-order valence-corrected chi connectivity index (χ2v) is 6.57. The molecule has 1 amide bonds. The first-order valence-corrected chi connectivity index (χ1v) is 8.54. The van der Waals surface area contributed by atoms with Gasteiger partial charge in [-0.05, 0) is 30.3 Å². The van der Waals surface area contributed by atoms with Crippen molar-refractivity contribution in [3.63, 3.8) is 0 Å². The third kappa shape index (κ3) is 4.41. The van der Waals surface area contributed by atoms with Gasteiger partial charge >= 0.3 is 5.97 Å². The molecule has 128 valence electrons. The lowest BCUT2D eigenvalue weighted by atomic mass is 10.1. The van der Waals surface area contributed by atoms with Crippen LogP contribution in [0, 0.1) is 0 Å². The van der Waals surface area contributed by atoms with Gasteiger partial charge in [-0.15, -0.1) is 0 Å². The van der Waals surface area contributed by atoms with E-state index >= 15 is 0 Å². The van der Waals surface area contributed by atoms with Gasteiger partial charge in [-0.25, -0.2) is 4.79 Å². The molecule has 0 unspecified atom stereocenters. The highest BCUT2D eigenvalue weighted by molar-refractivity contribution is 9.10. The predicted molar refractivity (Wildman–Crippen MR) is 98.7 cm³/mol. The van der Waals surface area contributed by atoms with Crippen molar-refractivity contribution in [3.8, 4) is 5.75 Å². The topological polar surface area (TPSA) is 64.6 Å². The number of halogens is 2. The first kappa shape index (κ1) is 17.5. The van der Waals surface area contributed by atoms with Gasteiger partial charge in [0.15, 0.2) is 6.61 Å². The molecule has 1 aliphatic rings. The van der Waals surface area contributed by atoms with Crippen LogP contribution >= 0.6 is 27.5 Å². The molecule has 3 rings (SSSR count). The molecule has 7 heteroatoms. The lowest BCUT2D eigenvalue weighted by Gasteiger charge is -2.16. The molecule has 0 radical (unpaired) electrons. The number of ether oxygens (including phenoxy) is 2. The van der Waals surface area contributed by atoms with Crippen molar-refractivity contribution in [2.45, 2.75) is 0 Å². The fourth-order valence-corrected chi connectivity index (χ4v) is 2.96. The minimum atomic E-state index is -0.591. The number of esters is 1. The van der Waals surface area contributed by atoms with Crippen molar-refractivity contribution in [2.24, 2.45) is 0 Å². The van der Waals surface area contributed by atoms with E-state index in [4.69, 9.17) is 21.1 Å². The number of anilines is 1. The minimum Gasteiger partial charge on any atom is -0.488 e. The number of para-hydroxylation sites is 1. The summed E-state index contributed by atoms with van der Waals surface area (Å²) in [6, 6.07) is 12.4.